The first-order chi connectivity index (χ1) is 12.7. The Morgan fingerprint density at radius 1 is 1.22 bits per heavy atom. The number of ether oxygens (including phenoxy) is 1. The molecular weight excluding hydrogens is 415 g/mol. The van der Waals surface area contributed by atoms with E-state index < -0.39 is 11.9 Å². The molecule has 7 heteroatoms. The maximum Gasteiger partial charge on any atom is 0.263 e. The van der Waals surface area contributed by atoms with Gasteiger partial charge < -0.3 is 15.0 Å². The van der Waals surface area contributed by atoms with Gasteiger partial charge in [0.1, 0.15) is 11.6 Å². The van der Waals surface area contributed by atoms with Crippen LogP contribution in [0.1, 0.15) is 18.1 Å². The number of amides is 2. The molecule has 0 spiro atoms. The van der Waals surface area contributed by atoms with Crippen LogP contribution in [0.4, 0.5) is 10.1 Å². The lowest BCUT2D eigenvalue weighted by molar-refractivity contribution is -0.139. The topological polar surface area (TPSA) is 58.6 Å². The smallest absolute Gasteiger partial charge is 0.263 e. The number of rotatable bonds is 6. The number of carbonyl (C=O) groups excluding carboxylic acids is 2. The molecule has 1 N–H and O–H groups in total. The zero-order valence-corrected chi connectivity index (χ0v) is 17.3. The highest BCUT2D eigenvalue weighted by molar-refractivity contribution is 9.10. The SMILES string of the molecule is Cc1cccc(C)c1NC(=O)CN(C)C(=O)C(C)Oc1ccc(F)cc1Br. The highest BCUT2D eigenvalue weighted by atomic mass is 79.9. The summed E-state index contributed by atoms with van der Waals surface area (Å²) in [6.07, 6.45) is -0.829. The molecule has 1 atom stereocenters. The van der Waals surface area contributed by atoms with Crippen molar-refractivity contribution in [3.8, 4) is 5.75 Å². The molecule has 0 aliphatic rings. The highest BCUT2D eigenvalue weighted by Crippen LogP contribution is 2.26. The quantitative estimate of drug-likeness (QED) is 0.742. The van der Waals surface area contributed by atoms with Gasteiger partial charge in [-0.05, 0) is 66.0 Å². The van der Waals surface area contributed by atoms with E-state index in [0.717, 1.165) is 16.8 Å². The lowest BCUT2D eigenvalue weighted by atomic mass is 10.1. The van der Waals surface area contributed by atoms with Crippen molar-refractivity contribution >= 4 is 33.4 Å². The summed E-state index contributed by atoms with van der Waals surface area (Å²) in [6, 6.07) is 9.69. The number of halogens is 2. The van der Waals surface area contributed by atoms with E-state index in [1.54, 1.807) is 6.92 Å². The van der Waals surface area contributed by atoms with Gasteiger partial charge in [-0.3, -0.25) is 9.59 Å². The Bertz CT molecular complexity index is 837. The fourth-order valence-electron chi connectivity index (χ4n) is 2.61. The first kappa shape index (κ1) is 20.9. The van der Waals surface area contributed by atoms with Crippen molar-refractivity contribution < 1.29 is 18.7 Å². The maximum atomic E-state index is 13.1. The lowest BCUT2D eigenvalue weighted by Crippen LogP contribution is -2.42. The Balaban J connectivity index is 1.96. The fraction of sp³-hybridized carbons (Fsp3) is 0.300. The van der Waals surface area contributed by atoms with Crippen molar-refractivity contribution in [1.82, 2.24) is 4.90 Å². The third-order valence-electron chi connectivity index (χ3n) is 4.05. The third-order valence-corrected chi connectivity index (χ3v) is 4.67. The number of likely N-dealkylation sites (N-methyl/N-ethyl adjacent to an activating group) is 1. The van der Waals surface area contributed by atoms with E-state index in [1.807, 2.05) is 32.0 Å². The normalized spacial score (nSPS) is 11.6. The Hall–Kier alpha value is -2.41. The molecule has 0 aromatic heterocycles. The molecule has 0 fully saturated rings. The van der Waals surface area contributed by atoms with Gasteiger partial charge in [-0.2, -0.15) is 0 Å². The first-order valence-corrected chi connectivity index (χ1v) is 9.21. The van der Waals surface area contributed by atoms with Crippen molar-refractivity contribution in [1.29, 1.82) is 0 Å². The molecule has 0 radical (unpaired) electrons. The molecule has 0 aliphatic heterocycles. The summed E-state index contributed by atoms with van der Waals surface area (Å²) in [5.41, 5.74) is 2.66. The molecule has 0 saturated carbocycles. The predicted molar refractivity (Wildman–Crippen MR) is 106 cm³/mol. The molecule has 2 rings (SSSR count). The number of para-hydroxylation sites is 1. The third kappa shape index (κ3) is 5.53. The van der Waals surface area contributed by atoms with Crippen LogP contribution >= 0.6 is 15.9 Å². The maximum absolute atomic E-state index is 13.1. The standard InChI is InChI=1S/C20H22BrFN2O3/c1-12-6-5-7-13(2)19(12)23-18(25)11-24(4)20(26)14(3)27-17-9-8-15(22)10-16(17)21/h5-10,14H,11H2,1-4H3,(H,23,25). The Morgan fingerprint density at radius 2 is 1.85 bits per heavy atom. The van der Waals surface area contributed by atoms with Crippen LogP contribution in [0.3, 0.4) is 0 Å². The lowest BCUT2D eigenvalue weighted by Gasteiger charge is -2.22. The van der Waals surface area contributed by atoms with Gasteiger partial charge in [-0.15, -0.1) is 0 Å². The van der Waals surface area contributed by atoms with Crippen molar-refractivity contribution in [3.63, 3.8) is 0 Å². The zero-order valence-electron chi connectivity index (χ0n) is 15.7. The van der Waals surface area contributed by atoms with Crippen molar-refractivity contribution in [2.24, 2.45) is 0 Å². The Labute approximate surface area is 166 Å². The van der Waals surface area contributed by atoms with Gasteiger partial charge in [0.15, 0.2) is 6.10 Å². The molecule has 0 bridgehead atoms. The van der Waals surface area contributed by atoms with Gasteiger partial charge in [0.25, 0.3) is 5.91 Å². The van der Waals surface area contributed by atoms with Crippen molar-refractivity contribution in [2.75, 3.05) is 18.9 Å². The average Bonchev–Trinajstić information content (AvgIpc) is 2.60. The van der Waals surface area contributed by atoms with Crippen molar-refractivity contribution in [3.05, 3.63) is 57.8 Å². The van der Waals surface area contributed by atoms with E-state index in [0.29, 0.717) is 10.2 Å². The molecule has 2 aromatic carbocycles. The second kappa shape index (κ2) is 8.99. The van der Waals surface area contributed by atoms with E-state index in [-0.39, 0.29) is 18.4 Å². The number of carbonyl (C=O) groups is 2. The van der Waals surface area contributed by atoms with Gasteiger partial charge >= 0.3 is 0 Å². The van der Waals surface area contributed by atoms with Gasteiger partial charge in [0.05, 0.1) is 11.0 Å². The number of nitrogens with zero attached hydrogens (tertiary/aromatic N) is 1. The summed E-state index contributed by atoms with van der Waals surface area (Å²) in [4.78, 5) is 26.1. The molecule has 5 nitrogen and oxygen atoms in total. The van der Waals surface area contributed by atoms with E-state index >= 15 is 0 Å². The molecule has 1 unspecified atom stereocenters. The summed E-state index contributed by atoms with van der Waals surface area (Å²) < 4.78 is 19.1. The molecule has 2 amide bonds. The highest BCUT2D eigenvalue weighted by Gasteiger charge is 2.22. The van der Waals surface area contributed by atoms with Crippen LogP contribution in [0.2, 0.25) is 0 Å². The number of anilines is 1. The number of nitrogens with one attached hydrogen (secondary N) is 1. The van der Waals surface area contributed by atoms with E-state index in [4.69, 9.17) is 4.74 Å². The van der Waals surface area contributed by atoms with E-state index in [9.17, 15) is 14.0 Å². The number of hydrogen-bond acceptors (Lipinski definition) is 3. The summed E-state index contributed by atoms with van der Waals surface area (Å²) >= 11 is 3.20. The zero-order chi connectivity index (χ0) is 20.1. The second-order valence-electron chi connectivity index (χ2n) is 6.34. The first-order valence-electron chi connectivity index (χ1n) is 8.41. The number of benzene rings is 2. The Morgan fingerprint density at radius 3 is 2.44 bits per heavy atom. The Kier molecular flexibility index (Phi) is 6.96. The molecule has 0 saturated heterocycles. The summed E-state index contributed by atoms with van der Waals surface area (Å²) in [6.45, 7) is 5.30. The van der Waals surface area contributed by atoms with E-state index in [1.165, 1.54) is 30.1 Å². The fourth-order valence-corrected chi connectivity index (χ4v) is 3.05. The minimum atomic E-state index is -0.829. The van der Waals surface area contributed by atoms with E-state index in [2.05, 4.69) is 21.2 Å². The average molecular weight is 437 g/mol. The molecule has 0 aliphatic carbocycles. The minimum Gasteiger partial charge on any atom is -0.480 e. The summed E-state index contributed by atoms with van der Waals surface area (Å²) in [5, 5.41) is 2.85. The summed E-state index contributed by atoms with van der Waals surface area (Å²) in [5.74, 6) is -0.708. The molecule has 0 heterocycles. The van der Waals surface area contributed by atoms with Gasteiger partial charge in [-0.1, -0.05) is 18.2 Å². The van der Waals surface area contributed by atoms with Crippen LogP contribution < -0.4 is 10.1 Å². The minimum absolute atomic E-state index is 0.106. The monoisotopic (exact) mass is 436 g/mol. The largest absolute Gasteiger partial charge is 0.480 e. The summed E-state index contributed by atoms with van der Waals surface area (Å²) in [7, 11) is 1.53. The number of aryl methyl sites for hydroxylation is 2. The van der Waals surface area contributed by atoms with Crippen LogP contribution in [0, 0.1) is 19.7 Å². The van der Waals surface area contributed by atoms with Gasteiger partial charge in [-0.25, -0.2) is 4.39 Å². The number of hydrogen-bond donors (Lipinski definition) is 1. The van der Waals surface area contributed by atoms with Crippen molar-refractivity contribution in [2.45, 2.75) is 26.9 Å². The van der Waals surface area contributed by atoms with Crippen LogP contribution in [0.15, 0.2) is 40.9 Å². The van der Waals surface area contributed by atoms with Crippen LogP contribution in [-0.4, -0.2) is 36.4 Å². The molecule has 144 valence electrons. The van der Waals surface area contributed by atoms with Crippen LogP contribution in [-0.2, 0) is 9.59 Å². The van der Waals surface area contributed by atoms with Crippen LogP contribution in [0.25, 0.3) is 0 Å². The van der Waals surface area contributed by atoms with Gasteiger partial charge in [0, 0.05) is 12.7 Å². The second-order valence-corrected chi connectivity index (χ2v) is 7.20. The molecular formula is C20H22BrFN2O3. The molecule has 27 heavy (non-hydrogen) atoms. The van der Waals surface area contributed by atoms with Crippen LogP contribution in [0.5, 0.6) is 5.75 Å². The van der Waals surface area contributed by atoms with Gasteiger partial charge in [0.2, 0.25) is 5.91 Å². The molecule has 2 aromatic rings. The predicted octanol–water partition coefficient (Wildman–Crippen LogP) is 4.07.